The van der Waals surface area contributed by atoms with Crippen LogP contribution < -0.4 is 10.2 Å². The first-order valence-corrected chi connectivity index (χ1v) is 9.26. The number of aromatic nitrogens is 5. The van der Waals surface area contributed by atoms with Crippen LogP contribution in [0.5, 0.6) is 0 Å². The Hall–Kier alpha value is -3.33. The highest BCUT2D eigenvalue weighted by atomic mass is 16.5. The molecule has 1 saturated heterocycles. The summed E-state index contributed by atoms with van der Waals surface area (Å²) in [5.74, 6) is 1.82. The molecule has 4 heterocycles. The molecule has 9 heteroatoms. The van der Waals surface area contributed by atoms with E-state index in [4.69, 9.17) is 9.72 Å². The Kier molecular flexibility index (Phi) is 4.21. The molecule has 2 N–H and O–H groups in total. The van der Waals surface area contributed by atoms with E-state index in [2.05, 4.69) is 25.5 Å². The van der Waals surface area contributed by atoms with Crippen LogP contribution in [0.25, 0.3) is 22.6 Å². The standard InChI is InChI=1S/C19H19N7O2/c27-16-10-26(9-14-2-1-7-28-14)19-18(24-16)20-8-15(23-19)12-3-5-13(6-4-12)17-21-11-22-25-17/h3-6,8,11,14H,1-2,7,9-10H2,(H,20,24,27)(H,21,22,25)/t14-/m0/s1. The molecule has 2 aliphatic heterocycles. The van der Waals surface area contributed by atoms with Crippen molar-refractivity contribution >= 4 is 17.5 Å². The SMILES string of the molecule is O=C1CN(C[C@@H]2CCCO2)c2nc(-c3ccc(-c4nnc[nH]4)cc3)cnc2N1. The number of H-pyrrole nitrogens is 1. The maximum atomic E-state index is 12.0. The van der Waals surface area contributed by atoms with E-state index < -0.39 is 0 Å². The molecule has 1 fully saturated rings. The number of fused-ring (bicyclic) bond motifs is 1. The number of nitrogens with zero attached hydrogens (tertiary/aromatic N) is 5. The first kappa shape index (κ1) is 16.8. The van der Waals surface area contributed by atoms with E-state index in [0.29, 0.717) is 24.0 Å². The van der Waals surface area contributed by atoms with E-state index in [0.717, 1.165) is 36.3 Å². The number of carbonyl (C=O) groups excluding carboxylic acids is 1. The predicted molar refractivity (Wildman–Crippen MR) is 103 cm³/mol. The molecule has 0 bridgehead atoms. The zero-order chi connectivity index (χ0) is 18.9. The van der Waals surface area contributed by atoms with Gasteiger partial charge in [-0.25, -0.2) is 9.97 Å². The fourth-order valence-corrected chi connectivity index (χ4v) is 3.58. The van der Waals surface area contributed by atoms with Crippen LogP contribution in [0.15, 0.2) is 36.8 Å². The van der Waals surface area contributed by atoms with Crippen LogP contribution in [0.4, 0.5) is 11.6 Å². The second-order valence-electron chi connectivity index (χ2n) is 6.91. The number of aromatic amines is 1. The van der Waals surface area contributed by atoms with Gasteiger partial charge in [0.25, 0.3) is 0 Å². The highest BCUT2D eigenvalue weighted by Gasteiger charge is 2.28. The third-order valence-corrected chi connectivity index (χ3v) is 4.96. The van der Waals surface area contributed by atoms with Gasteiger partial charge in [-0.05, 0) is 12.8 Å². The van der Waals surface area contributed by atoms with Gasteiger partial charge in [0.2, 0.25) is 5.91 Å². The first-order valence-electron chi connectivity index (χ1n) is 9.26. The van der Waals surface area contributed by atoms with Crippen LogP contribution >= 0.6 is 0 Å². The van der Waals surface area contributed by atoms with Gasteiger partial charge in [-0.1, -0.05) is 24.3 Å². The average molecular weight is 377 g/mol. The summed E-state index contributed by atoms with van der Waals surface area (Å²) < 4.78 is 5.73. The largest absolute Gasteiger partial charge is 0.376 e. The van der Waals surface area contributed by atoms with E-state index in [9.17, 15) is 4.79 Å². The highest BCUT2D eigenvalue weighted by molar-refractivity contribution is 5.99. The number of hydrogen-bond acceptors (Lipinski definition) is 7. The van der Waals surface area contributed by atoms with Crippen molar-refractivity contribution in [3.8, 4) is 22.6 Å². The summed E-state index contributed by atoms with van der Waals surface area (Å²) in [5, 5.41) is 10.6. The second kappa shape index (κ2) is 7.01. The van der Waals surface area contributed by atoms with Gasteiger partial charge in [0.05, 0.1) is 24.5 Å². The lowest BCUT2D eigenvalue weighted by Crippen LogP contribution is -2.43. The summed E-state index contributed by atoms with van der Waals surface area (Å²) in [6.07, 6.45) is 5.42. The minimum absolute atomic E-state index is 0.0797. The molecule has 142 valence electrons. The van der Waals surface area contributed by atoms with E-state index >= 15 is 0 Å². The topological polar surface area (TPSA) is 109 Å². The number of hydrogen-bond donors (Lipinski definition) is 2. The van der Waals surface area contributed by atoms with Gasteiger partial charge >= 0.3 is 0 Å². The molecule has 0 spiro atoms. The molecule has 1 aromatic carbocycles. The third-order valence-electron chi connectivity index (χ3n) is 4.96. The minimum Gasteiger partial charge on any atom is -0.376 e. The number of anilines is 2. The summed E-state index contributed by atoms with van der Waals surface area (Å²) >= 11 is 0. The van der Waals surface area contributed by atoms with Crippen molar-refractivity contribution in [1.82, 2.24) is 25.1 Å². The smallest absolute Gasteiger partial charge is 0.245 e. The number of benzene rings is 1. The van der Waals surface area contributed by atoms with Crippen LogP contribution in [-0.4, -0.2) is 56.9 Å². The first-order chi connectivity index (χ1) is 13.8. The number of rotatable bonds is 4. The lowest BCUT2D eigenvalue weighted by molar-refractivity contribution is -0.115. The molecule has 2 aromatic heterocycles. The number of ether oxygens (including phenoxy) is 1. The van der Waals surface area contributed by atoms with Crippen molar-refractivity contribution in [3.63, 3.8) is 0 Å². The molecular weight excluding hydrogens is 358 g/mol. The molecule has 1 amide bonds. The normalized spacial score (nSPS) is 18.8. The molecule has 5 rings (SSSR count). The lowest BCUT2D eigenvalue weighted by atomic mass is 10.1. The predicted octanol–water partition coefficient (Wildman–Crippen LogP) is 1.87. The Labute approximate surface area is 161 Å². The Morgan fingerprint density at radius 3 is 2.82 bits per heavy atom. The minimum atomic E-state index is -0.0797. The van der Waals surface area contributed by atoms with Crippen LogP contribution in [0.3, 0.4) is 0 Å². The summed E-state index contributed by atoms with van der Waals surface area (Å²) in [6, 6.07) is 7.87. The van der Waals surface area contributed by atoms with Crippen LogP contribution in [0, 0.1) is 0 Å². The Balaban J connectivity index is 1.44. The van der Waals surface area contributed by atoms with Gasteiger partial charge in [0.1, 0.15) is 6.33 Å². The third kappa shape index (κ3) is 3.20. The molecule has 28 heavy (non-hydrogen) atoms. The van der Waals surface area contributed by atoms with Crippen molar-refractivity contribution in [2.24, 2.45) is 0 Å². The highest BCUT2D eigenvalue weighted by Crippen LogP contribution is 2.30. The maximum Gasteiger partial charge on any atom is 0.245 e. The number of amides is 1. The Bertz CT molecular complexity index is 982. The fraction of sp³-hybridized carbons (Fsp3) is 0.316. The van der Waals surface area contributed by atoms with Gasteiger partial charge in [-0.15, -0.1) is 10.2 Å². The van der Waals surface area contributed by atoms with Crippen molar-refractivity contribution in [2.75, 3.05) is 29.9 Å². The molecule has 1 atom stereocenters. The maximum absolute atomic E-state index is 12.0. The molecule has 0 aliphatic carbocycles. The molecule has 0 unspecified atom stereocenters. The summed E-state index contributed by atoms with van der Waals surface area (Å²) in [4.78, 5) is 26.2. The van der Waals surface area contributed by atoms with E-state index in [1.807, 2.05) is 29.2 Å². The average Bonchev–Trinajstić information content (AvgIpc) is 3.42. The van der Waals surface area contributed by atoms with Crippen molar-refractivity contribution < 1.29 is 9.53 Å². The van der Waals surface area contributed by atoms with Gasteiger partial charge < -0.3 is 19.9 Å². The Morgan fingerprint density at radius 1 is 1.21 bits per heavy atom. The van der Waals surface area contributed by atoms with Crippen molar-refractivity contribution in [3.05, 3.63) is 36.8 Å². The van der Waals surface area contributed by atoms with Crippen LogP contribution in [0.1, 0.15) is 12.8 Å². The van der Waals surface area contributed by atoms with Gasteiger partial charge in [-0.2, -0.15) is 0 Å². The van der Waals surface area contributed by atoms with Crippen LogP contribution in [-0.2, 0) is 9.53 Å². The number of nitrogens with one attached hydrogen (secondary N) is 2. The molecule has 0 radical (unpaired) electrons. The zero-order valence-electron chi connectivity index (χ0n) is 15.1. The molecular formula is C19H19N7O2. The van der Waals surface area contributed by atoms with E-state index in [1.165, 1.54) is 0 Å². The quantitative estimate of drug-likeness (QED) is 0.714. The summed E-state index contributed by atoms with van der Waals surface area (Å²) in [6.45, 7) is 1.68. The molecule has 2 aliphatic rings. The molecule has 3 aromatic rings. The van der Waals surface area contributed by atoms with Gasteiger partial charge in [0.15, 0.2) is 17.5 Å². The van der Waals surface area contributed by atoms with Gasteiger partial charge in [-0.3, -0.25) is 4.79 Å². The molecule has 9 nitrogen and oxygen atoms in total. The van der Waals surface area contributed by atoms with Crippen LogP contribution in [0.2, 0.25) is 0 Å². The monoisotopic (exact) mass is 377 g/mol. The lowest BCUT2D eigenvalue weighted by Gasteiger charge is -2.30. The van der Waals surface area contributed by atoms with Crippen molar-refractivity contribution in [2.45, 2.75) is 18.9 Å². The second-order valence-corrected chi connectivity index (χ2v) is 6.91. The van der Waals surface area contributed by atoms with E-state index in [-0.39, 0.29) is 18.6 Å². The zero-order valence-corrected chi connectivity index (χ0v) is 15.1. The van der Waals surface area contributed by atoms with E-state index in [1.54, 1.807) is 12.5 Å². The Morgan fingerprint density at radius 2 is 2.07 bits per heavy atom. The summed E-state index contributed by atoms with van der Waals surface area (Å²) in [5.41, 5.74) is 2.63. The fourth-order valence-electron chi connectivity index (χ4n) is 3.58. The van der Waals surface area contributed by atoms with Gasteiger partial charge in [0, 0.05) is 24.3 Å². The summed E-state index contributed by atoms with van der Waals surface area (Å²) in [7, 11) is 0. The van der Waals surface area contributed by atoms with Crippen molar-refractivity contribution in [1.29, 1.82) is 0 Å². The molecule has 0 saturated carbocycles. The number of carbonyl (C=O) groups is 1.